The fourth-order valence-electron chi connectivity index (χ4n) is 1.89. The number of allylic oxidation sites excluding steroid dienone is 1. The molecule has 0 aromatic heterocycles. The molecule has 0 aliphatic carbocycles. The zero-order valence-electron chi connectivity index (χ0n) is 12.2. The van der Waals surface area contributed by atoms with Crippen LogP contribution >= 0.6 is 11.6 Å². The molecule has 0 fully saturated rings. The lowest BCUT2D eigenvalue weighted by Gasteiger charge is -2.13. The molecule has 2 nitrogen and oxygen atoms in total. The molecule has 0 amide bonds. The van der Waals surface area contributed by atoms with Crippen LogP contribution in [0.4, 0.5) is 13.2 Å². The van der Waals surface area contributed by atoms with E-state index >= 15 is 0 Å². The molecule has 0 unspecified atom stereocenters. The lowest BCUT2D eigenvalue weighted by Crippen LogP contribution is -2.22. The Balaban J connectivity index is 3.05. The predicted molar refractivity (Wildman–Crippen MR) is 83.4 cm³/mol. The van der Waals surface area contributed by atoms with Crippen LogP contribution in [0.15, 0.2) is 29.2 Å². The highest BCUT2D eigenvalue weighted by atomic mass is 35.5. The lowest BCUT2D eigenvalue weighted by atomic mass is 10.2. The van der Waals surface area contributed by atoms with E-state index < -0.39 is 26.7 Å². The first-order valence-corrected chi connectivity index (χ1v) is 8.97. The Bertz CT molecular complexity index is 605. The van der Waals surface area contributed by atoms with Crippen LogP contribution in [0.3, 0.4) is 0 Å². The Morgan fingerprint density at radius 2 is 1.73 bits per heavy atom. The van der Waals surface area contributed by atoms with Crippen molar-refractivity contribution in [2.75, 3.05) is 5.75 Å². The molecule has 1 rings (SSSR count). The second-order valence-corrected chi connectivity index (χ2v) is 7.45. The molecule has 124 valence electrons. The van der Waals surface area contributed by atoms with Gasteiger partial charge in [-0.3, -0.25) is 0 Å². The second-order valence-electron chi connectivity index (χ2n) is 4.94. The number of halogens is 4. The van der Waals surface area contributed by atoms with Gasteiger partial charge in [-0.25, -0.2) is 8.42 Å². The fourth-order valence-corrected chi connectivity index (χ4v) is 3.49. The highest BCUT2D eigenvalue weighted by Crippen LogP contribution is 2.33. The predicted octanol–water partition coefficient (Wildman–Crippen LogP) is 5.24. The van der Waals surface area contributed by atoms with Gasteiger partial charge in [0.05, 0.1) is 5.75 Å². The van der Waals surface area contributed by atoms with Crippen LogP contribution in [-0.2, 0) is 9.84 Å². The van der Waals surface area contributed by atoms with Crippen LogP contribution < -0.4 is 0 Å². The first-order valence-electron chi connectivity index (χ1n) is 6.94. The van der Waals surface area contributed by atoms with Crippen LogP contribution in [0.2, 0.25) is 5.02 Å². The smallest absolute Gasteiger partial charge is 0.224 e. The number of hydrogen-bond acceptors (Lipinski definition) is 2. The van der Waals surface area contributed by atoms with E-state index in [2.05, 4.69) is 0 Å². The molecular weight excluding hydrogens is 337 g/mol. The Hall–Kier alpha value is -1.01. The van der Waals surface area contributed by atoms with Gasteiger partial charge >= 0.3 is 6.18 Å². The minimum absolute atomic E-state index is 0.147. The number of sulfone groups is 1. The number of unbranched alkanes of at least 4 members (excludes halogenated alkanes) is 3. The fraction of sp³-hybridized carbons (Fsp3) is 0.467. The maximum atomic E-state index is 13.1. The van der Waals surface area contributed by atoms with Crippen molar-refractivity contribution < 1.29 is 21.6 Å². The molecule has 1 aromatic carbocycles. The molecule has 0 saturated carbocycles. The van der Waals surface area contributed by atoms with Crippen molar-refractivity contribution in [3.05, 3.63) is 39.8 Å². The number of rotatable bonds is 7. The summed E-state index contributed by atoms with van der Waals surface area (Å²) >= 11 is 5.67. The van der Waals surface area contributed by atoms with Crippen molar-refractivity contribution in [2.45, 2.75) is 38.8 Å². The van der Waals surface area contributed by atoms with Crippen LogP contribution in [0.1, 0.15) is 38.2 Å². The van der Waals surface area contributed by atoms with Crippen molar-refractivity contribution >= 4 is 27.5 Å². The van der Waals surface area contributed by atoms with Crippen LogP contribution in [0.5, 0.6) is 0 Å². The molecule has 0 spiro atoms. The van der Waals surface area contributed by atoms with Gasteiger partial charge in [0.25, 0.3) is 0 Å². The van der Waals surface area contributed by atoms with Gasteiger partial charge in [-0.2, -0.15) is 13.2 Å². The van der Waals surface area contributed by atoms with Crippen molar-refractivity contribution in [3.63, 3.8) is 0 Å². The van der Waals surface area contributed by atoms with Gasteiger partial charge < -0.3 is 0 Å². The van der Waals surface area contributed by atoms with Gasteiger partial charge in [0, 0.05) is 5.02 Å². The first kappa shape index (κ1) is 19.0. The third kappa shape index (κ3) is 6.01. The van der Waals surface area contributed by atoms with Crippen molar-refractivity contribution in [1.29, 1.82) is 0 Å². The Morgan fingerprint density at radius 1 is 1.14 bits per heavy atom. The first-order chi connectivity index (χ1) is 10.2. The van der Waals surface area contributed by atoms with Crippen molar-refractivity contribution in [3.8, 4) is 0 Å². The van der Waals surface area contributed by atoms with Gasteiger partial charge in [-0.05, 0) is 30.2 Å². The van der Waals surface area contributed by atoms with Crippen LogP contribution in [-0.4, -0.2) is 20.3 Å². The summed E-state index contributed by atoms with van der Waals surface area (Å²) in [4.78, 5) is -1.50. The summed E-state index contributed by atoms with van der Waals surface area (Å²) in [5.41, 5.74) is 0.147. The molecule has 0 N–H and O–H groups in total. The van der Waals surface area contributed by atoms with Crippen LogP contribution in [0.25, 0.3) is 6.08 Å². The van der Waals surface area contributed by atoms with E-state index in [-0.39, 0.29) is 12.0 Å². The van der Waals surface area contributed by atoms with Gasteiger partial charge in [0.15, 0.2) is 9.84 Å². The molecule has 0 aliphatic heterocycles. The summed E-state index contributed by atoms with van der Waals surface area (Å²) in [5, 5.41) is 0.369. The molecule has 0 heterocycles. The second kappa shape index (κ2) is 8.02. The van der Waals surface area contributed by atoms with Gasteiger partial charge in [0.1, 0.15) is 4.91 Å². The largest absolute Gasteiger partial charge is 0.427 e. The third-order valence-corrected chi connectivity index (χ3v) is 5.15. The lowest BCUT2D eigenvalue weighted by molar-refractivity contribution is -0.0836. The highest BCUT2D eigenvalue weighted by Gasteiger charge is 2.42. The molecular formula is C15H18ClF3O2S. The van der Waals surface area contributed by atoms with E-state index in [1.807, 2.05) is 6.92 Å². The quantitative estimate of drug-likeness (QED) is 0.627. The van der Waals surface area contributed by atoms with E-state index in [0.717, 1.165) is 12.8 Å². The summed E-state index contributed by atoms with van der Waals surface area (Å²) in [6.07, 6.45) is -1.74. The number of hydrogen-bond donors (Lipinski definition) is 0. The maximum absolute atomic E-state index is 13.1. The van der Waals surface area contributed by atoms with E-state index in [9.17, 15) is 21.6 Å². The van der Waals surface area contributed by atoms with Gasteiger partial charge in [0.2, 0.25) is 0 Å². The third-order valence-electron chi connectivity index (χ3n) is 3.05. The minimum atomic E-state index is -4.91. The Kier molecular flexibility index (Phi) is 6.94. The molecule has 0 saturated heterocycles. The molecule has 1 aromatic rings. The van der Waals surface area contributed by atoms with E-state index in [1.165, 1.54) is 24.3 Å². The Labute approximate surface area is 133 Å². The molecule has 0 aliphatic rings. The summed E-state index contributed by atoms with van der Waals surface area (Å²) < 4.78 is 63.2. The topological polar surface area (TPSA) is 34.1 Å². The highest BCUT2D eigenvalue weighted by molar-refractivity contribution is 7.95. The summed E-state index contributed by atoms with van der Waals surface area (Å²) in [6.45, 7) is 1.94. The minimum Gasteiger partial charge on any atom is -0.224 e. The summed E-state index contributed by atoms with van der Waals surface area (Å²) in [6, 6.07) is 5.52. The standard InChI is InChI=1S/C15H18ClF3O2S/c1-2-3-4-5-10-22(20,21)14(15(17,18)19)11-12-6-8-13(16)9-7-12/h6-9,11H,2-5,10H2,1H3/b14-11+. The van der Waals surface area contributed by atoms with Gasteiger partial charge in [-0.15, -0.1) is 0 Å². The zero-order chi connectivity index (χ0) is 16.8. The number of alkyl halides is 3. The molecule has 0 bridgehead atoms. The number of benzene rings is 1. The summed E-state index contributed by atoms with van der Waals surface area (Å²) in [7, 11) is -4.37. The summed E-state index contributed by atoms with van der Waals surface area (Å²) in [5.74, 6) is -0.494. The maximum Gasteiger partial charge on any atom is 0.427 e. The normalized spacial score (nSPS) is 13.4. The van der Waals surface area contributed by atoms with E-state index in [0.29, 0.717) is 17.5 Å². The van der Waals surface area contributed by atoms with E-state index in [4.69, 9.17) is 11.6 Å². The van der Waals surface area contributed by atoms with Crippen LogP contribution in [0, 0.1) is 0 Å². The Morgan fingerprint density at radius 3 is 2.23 bits per heavy atom. The molecule has 0 atom stereocenters. The average Bonchev–Trinajstić information content (AvgIpc) is 2.41. The van der Waals surface area contributed by atoms with E-state index in [1.54, 1.807) is 0 Å². The molecule has 0 radical (unpaired) electrons. The molecule has 22 heavy (non-hydrogen) atoms. The monoisotopic (exact) mass is 354 g/mol. The molecule has 7 heteroatoms. The van der Waals surface area contributed by atoms with Gasteiger partial charge in [-0.1, -0.05) is 49.9 Å². The average molecular weight is 355 g/mol. The SMILES string of the molecule is CCCCCCS(=O)(=O)/C(=C/c1ccc(Cl)cc1)C(F)(F)F. The zero-order valence-corrected chi connectivity index (χ0v) is 13.7. The van der Waals surface area contributed by atoms with Crippen molar-refractivity contribution in [2.24, 2.45) is 0 Å². The van der Waals surface area contributed by atoms with Crippen molar-refractivity contribution in [1.82, 2.24) is 0 Å².